The van der Waals surface area contributed by atoms with Gasteiger partial charge in [0.2, 0.25) is 5.91 Å². The Labute approximate surface area is 352 Å². The zero-order valence-corrected chi connectivity index (χ0v) is 34.3. The Bertz CT molecular complexity index is 2720. The molecule has 2 saturated heterocycles. The number of carbonyl (C=O) groups excluding carboxylic acids is 1. The fourth-order valence-corrected chi connectivity index (χ4v) is 9.17. The Morgan fingerprint density at radius 3 is 2.00 bits per heavy atom. The van der Waals surface area contributed by atoms with Gasteiger partial charge in [-0.15, -0.1) is 0 Å². The third-order valence-electron chi connectivity index (χ3n) is 12.1. The summed E-state index contributed by atoms with van der Waals surface area (Å²) in [5.41, 5.74) is 2.71. The first-order valence-electron chi connectivity index (χ1n) is 20.6. The van der Waals surface area contributed by atoms with Gasteiger partial charge in [0.25, 0.3) is 0 Å². The summed E-state index contributed by atoms with van der Waals surface area (Å²) in [4.78, 5) is 48.9. The van der Waals surface area contributed by atoms with Crippen LogP contribution in [0.2, 0.25) is 0 Å². The lowest BCUT2D eigenvalue weighted by atomic mass is 9.76. The van der Waals surface area contributed by atoms with Gasteiger partial charge >= 0.3 is 5.69 Å². The number of nitrogens with zero attached hydrogens (tertiary/aromatic N) is 7. The first kappa shape index (κ1) is 39.7. The van der Waals surface area contributed by atoms with Crippen molar-refractivity contribution in [2.75, 3.05) is 31.1 Å². The van der Waals surface area contributed by atoms with Crippen molar-refractivity contribution in [2.45, 2.75) is 51.2 Å². The molecule has 0 saturated carbocycles. The molecule has 1 N–H and O–H groups in total. The van der Waals surface area contributed by atoms with E-state index in [0.717, 1.165) is 22.8 Å². The summed E-state index contributed by atoms with van der Waals surface area (Å²) in [6, 6.07) is 36.8. The van der Waals surface area contributed by atoms with E-state index in [-0.39, 0.29) is 34.7 Å². The van der Waals surface area contributed by atoms with E-state index in [2.05, 4.69) is 56.3 Å². The lowest BCUT2D eigenvalue weighted by Gasteiger charge is -2.42. The van der Waals surface area contributed by atoms with E-state index in [1.807, 2.05) is 92.1 Å². The van der Waals surface area contributed by atoms with Gasteiger partial charge < -0.3 is 14.9 Å². The Balaban J connectivity index is 1.09. The minimum absolute atomic E-state index is 0.00205. The summed E-state index contributed by atoms with van der Waals surface area (Å²) in [5, 5.41) is 10.9. The van der Waals surface area contributed by atoms with Gasteiger partial charge in [-0.1, -0.05) is 111 Å². The molecule has 0 spiro atoms. The van der Waals surface area contributed by atoms with Crippen molar-refractivity contribution < 1.29 is 18.7 Å². The van der Waals surface area contributed by atoms with E-state index < -0.39 is 45.9 Å². The average Bonchev–Trinajstić information content (AvgIpc) is 4.06. The number of hydrogen-bond donors (Lipinski definition) is 1. The largest absolute Gasteiger partial charge is 0.507 e. The number of piperazine rings is 1. The van der Waals surface area contributed by atoms with Gasteiger partial charge in [-0.25, -0.2) is 23.1 Å². The average molecular weight is 818 g/mol. The normalized spacial score (nSPS) is 17.9. The van der Waals surface area contributed by atoms with Crippen molar-refractivity contribution in [3.63, 3.8) is 0 Å². The van der Waals surface area contributed by atoms with Crippen LogP contribution in [-0.4, -0.2) is 78.6 Å². The molecule has 3 atom stereocenters. The molecule has 0 aliphatic carbocycles. The molecule has 1 amide bonds. The highest BCUT2D eigenvalue weighted by atomic mass is 19.1. The smallest absolute Gasteiger partial charge is 0.355 e. The number of phenols is 1. The maximum Gasteiger partial charge on any atom is 0.355 e. The summed E-state index contributed by atoms with van der Waals surface area (Å²) in [6.45, 7) is 9.18. The lowest BCUT2D eigenvalue weighted by molar-refractivity contribution is -0.132. The van der Waals surface area contributed by atoms with Crippen LogP contribution in [0.15, 0.2) is 132 Å². The van der Waals surface area contributed by atoms with Crippen LogP contribution in [0.1, 0.15) is 54.6 Å². The zero-order valence-electron chi connectivity index (χ0n) is 34.3. The highest BCUT2D eigenvalue weighted by molar-refractivity contribution is 5.91. The molecule has 4 aromatic carbocycles. The van der Waals surface area contributed by atoms with Crippen molar-refractivity contribution in [1.29, 1.82) is 0 Å². The van der Waals surface area contributed by atoms with E-state index in [1.165, 1.54) is 22.8 Å². The highest BCUT2D eigenvalue weighted by Gasteiger charge is 2.57. The summed E-state index contributed by atoms with van der Waals surface area (Å²) >= 11 is 0. The minimum Gasteiger partial charge on any atom is -0.507 e. The number of phenolic OH excluding ortho intramolecular Hbond substituents is 1. The maximum atomic E-state index is 16.4. The molecular weight excluding hydrogens is 773 g/mol. The first-order valence-corrected chi connectivity index (χ1v) is 20.6. The molecule has 9 rings (SSSR count). The molecule has 12 heteroatoms. The number of pyridine rings is 2. The van der Waals surface area contributed by atoms with Crippen LogP contribution >= 0.6 is 0 Å². The Kier molecular flexibility index (Phi) is 10.2. The molecule has 7 aromatic rings. The predicted molar refractivity (Wildman–Crippen MR) is 232 cm³/mol. The number of hydrogen-bond acceptors (Lipinski definition) is 8. The van der Waals surface area contributed by atoms with Crippen molar-refractivity contribution in [3.8, 4) is 22.7 Å². The van der Waals surface area contributed by atoms with Crippen molar-refractivity contribution in [3.05, 3.63) is 178 Å². The number of aromatic nitrogens is 4. The number of benzene rings is 4. The van der Waals surface area contributed by atoms with Gasteiger partial charge in [-0.2, -0.15) is 4.98 Å². The SMILES string of the molecule is Cc1ccnc(C(C)C)c1-n1c(=O)nc(N2CCN(C(=O)[C@H]3CN3C(c3ccccc3)(c3ccccc3)c3ccccc3)C[C@@H]2C)c2cc(F)c(-c3c(O)cccc3F)nc21. The van der Waals surface area contributed by atoms with Crippen molar-refractivity contribution >= 4 is 22.8 Å². The number of rotatable bonds is 9. The number of anilines is 1. The Morgan fingerprint density at radius 2 is 1.43 bits per heavy atom. The summed E-state index contributed by atoms with van der Waals surface area (Å²) in [7, 11) is 0. The highest BCUT2D eigenvalue weighted by Crippen LogP contribution is 2.49. The van der Waals surface area contributed by atoms with Crippen molar-refractivity contribution in [2.24, 2.45) is 0 Å². The molecule has 10 nitrogen and oxygen atoms in total. The van der Waals surface area contributed by atoms with Crippen LogP contribution < -0.4 is 10.6 Å². The summed E-state index contributed by atoms with van der Waals surface area (Å²) < 4.78 is 32.9. The molecule has 5 heterocycles. The van der Waals surface area contributed by atoms with Crippen molar-refractivity contribution in [1.82, 2.24) is 29.3 Å². The molecule has 61 heavy (non-hydrogen) atoms. The molecular formula is C49H45F2N7O3. The van der Waals surface area contributed by atoms with Gasteiger partial charge in [0.15, 0.2) is 11.5 Å². The van der Waals surface area contributed by atoms with Crippen LogP contribution in [-0.2, 0) is 10.3 Å². The quantitative estimate of drug-likeness (QED) is 0.116. The summed E-state index contributed by atoms with van der Waals surface area (Å²) in [5.74, 6) is -2.18. The third kappa shape index (κ3) is 6.71. The monoisotopic (exact) mass is 817 g/mol. The van der Waals surface area contributed by atoms with Gasteiger partial charge in [0.1, 0.15) is 29.1 Å². The molecule has 3 aromatic heterocycles. The number of amides is 1. The van der Waals surface area contributed by atoms with Gasteiger partial charge in [0.05, 0.1) is 27.9 Å². The van der Waals surface area contributed by atoms with Crippen LogP contribution in [0.3, 0.4) is 0 Å². The molecule has 2 fully saturated rings. The second-order valence-corrected chi connectivity index (χ2v) is 16.2. The van der Waals surface area contributed by atoms with E-state index in [0.29, 0.717) is 43.1 Å². The predicted octanol–water partition coefficient (Wildman–Crippen LogP) is 7.97. The standard InChI is InChI=1S/C49H45F2N7O3/c1-30(2)42-44(31(3)23-24-52-42)58-46-36(27-38(51)43(53-46)41-37(50)21-14-22-40(41)59)45(54-48(58)61)56-26-25-55(28-32(56)4)47(60)39-29-57(39)49(33-15-8-5-9-16-33,34-17-10-6-11-18-34)35-19-12-7-13-20-35/h5-24,27,30,32,39,59H,25-26,28-29H2,1-4H3/t32-,39+,57?/m0/s1. The van der Waals surface area contributed by atoms with Gasteiger partial charge in [-0.05, 0) is 66.3 Å². The molecule has 0 bridgehead atoms. The molecule has 2 aliphatic heterocycles. The van der Waals surface area contributed by atoms with E-state index >= 15 is 8.78 Å². The number of aromatic hydroxyl groups is 1. The van der Waals surface area contributed by atoms with Crippen LogP contribution in [0, 0.1) is 18.6 Å². The first-order chi connectivity index (χ1) is 29.5. The van der Waals surface area contributed by atoms with Gasteiger partial charge in [0, 0.05) is 38.4 Å². The second kappa shape index (κ2) is 15.7. The number of carbonyl (C=O) groups is 1. The molecule has 308 valence electrons. The fraction of sp³-hybridized carbons (Fsp3) is 0.245. The van der Waals surface area contributed by atoms with E-state index in [9.17, 15) is 14.7 Å². The zero-order chi connectivity index (χ0) is 42.6. The number of halogens is 2. The Morgan fingerprint density at radius 1 is 0.803 bits per heavy atom. The van der Waals surface area contributed by atoms with Gasteiger partial charge in [-0.3, -0.25) is 14.7 Å². The Hall–Kier alpha value is -6.79. The van der Waals surface area contributed by atoms with Crippen LogP contribution in [0.4, 0.5) is 14.6 Å². The third-order valence-corrected chi connectivity index (χ3v) is 12.1. The topological polar surface area (TPSA) is 107 Å². The summed E-state index contributed by atoms with van der Waals surface area (Å²) in [6.07, 6.45) is 1.66. The fourth-order valence-electron chi connectivity index (χ4n) is 9.17. The van der Waals surface area contributed by atoms with Crippen LogP contribution in [0.5, 0.6) is 5.75 Å². The van der Waals surface area contributed by atoms with Crippen LogP contribution in [0.25, 0.3) is 28.0 Å². The molecule has 0 radical (unpaired) electrons. The minimum atomic E-state index is -0.901. The molecule has 1 unspecified atom stereocenters. The van der Waals surface area contributed by atoms with E-state index in [1.54, 1.807) is 12.3 Å². The maximum absolute atomic E-state index is 16.4. The number of fused-ring (bicyclic) bond motifs is 1. The lowest BCUT2D eigenvalue weighted by Crippen LogP contribution is -2.56. The van der Waals surface area contributed by atoms with E-state index in [4.69, 9.17) is 0 Å². The second-order valence-electron chi connectivity index (χ2n) is 16.2. The number of aryl methyl sites for hydroxylation is 1. The molecule has 2 aliphatic rings.